The highest BCUT2D eigenvalue weighted by atomic mass is 35.5. The first-order valence-corrected chi connectivity index (χ1v) is 7.65. The normalized spacial score (nSPS) is 20.9. The average molecular weight is 307 g/mol. The summed E-state index contributed by atoms with van der Waals surface area (Å²) >= 11 is 0. The number of hydrogen-bond acceptors (Lipinski definition) is 3. The van der Waals surface area contributed by atoms with Gasteiger partial charge in [-0.25, -0.2) is 0 Å². The summed E-state index contributed by atoms with van der Waals surface area (Å²) in [6.07, 6.45) is 5.86. The lowest BCUT2D eigenvalue weighted by molar-refractivity contribution is -0.131. The van der Waals surface area contributed by atoms with Crippen molar-refractivity contribution < 1.29 is 9.90 Å². The molecule has 5 heteroatoms. The molecule has 0 aliphatic heterocycles. The number of nitrogens with one attached hydrogen (secondary N) is 1. The molecule has 2 unspecified atom stereocenters. The summed E-state index contributed by atoms with van der Waals surface area (Å²) in [5.74, 6) is 0.601. The van der Waals surface area contributed by atoms with Gasteiger partial charge in [-0.15, -0.1) is 12.4 Å². The summed E-state index contributed by atoms with van der Waals surface area (Å²) in [6.45, 7) is 6.03. The summed E-state index contributed by atoms with van der Waals surface area (Å²) in [7, 11) is 0. The number of carbonyl (C=O) groups excluding carboxylic acids is 1. The molecule has 3 atom stereocenters. The van der Waals surface area contributed by atoms with Crippen LogP contribution in [0.3, 0.4) is 0 Å². The zero-order valence-corrected chi connectivity index (χ0v) is 13.8. The minimum atomic E-state index is -1.08. The Kier molecular flexibility index (Phi) is 9.43. The summed E-state index contributed by atoms with van der Waals surface area (Å²) < 4.78 is 0. The van der Waals surface area contributed by atoms with E-state index in [1.54, 1.807) is 0 Å². The molecule has 20 heavy (non-hydrogen) atoms. The van der Waals surface area contributed by atoms with Crippen molar-refractivity contribution in [2.75, 3.05) is 0 Å². The molecule has 4 N–H and O–H groups in total. The molecule has 0 aromatic carbocycles. The molecule has 0 spiro atoms. The number of halogens is 1. The summed E-state index contributed by atoms with van der Waals surface area (Å²) in [5.41, 5.74) is 5.99. The van der Waals surface area contributed by atoms with Crippen LogP contribution < -0.4 is 11.1 Å². The fourth-order valence-corrected chi connectivity index (χ4v) is 2.61. The topological polar surface area (TPSA) is 75.3 Å². The SMILES string of the molecule is CC(C)C(C)NC(=O)C(O)[C@H](N)CC1CCCCC1.Cl. The molecule has 0 aromatic heterocycles. The molecule has 4 nitrogen and oxygen atoms in total. The molecule has 0 heterocycles. The van der Waals surface area contributed by atoms with Crippen LogP contribution in [0.5, 0.6) is 0 Å². The molecule has 0 bridgehead atoms. The van der Waals surface area contributed by atoms with Crippen LogP contribution in [0, 0.1) is 11.8 Å². The predicted molar refractivity (Wildman–Crippen MR) is 84.9 cm³/mol. The smallest absolute Gasteiger partial charge is 0.250 e. The second kappa shape index (κ2) is 9.59. The lowest BCUT2D eigenvalue weighted by Crippen LogP contribution is -2.50. The maximum Gasteiger partial charge on any atom is 0.250 e. The first-order chi connectivity index (χ1) is 8.91. The highest BCUT2D eigenvalue weighted by Gasteiger charge is 2.27. The maximum absolute atomic E-state index is 11.9. The zero-order valence-electron chi connectivity index (χ0n) is 13.0. The van der Waals surface area contributed by atoms with Crippen molar-refractivity contribution in [1.82, 2.24) is 5.32 Å². The van der Waals surface area contributed by atoms with Gasteiger partial charge in [-0.2, -0.15) is 0 Å². The van der Waals surface area contributed by atoms with Crippen LogP contribution in [0.15, 0.2) is 0 Å². The zero-order chi connectivity index (χ0) is 14.4. The standard InChI is InChI=1S/C15H30N2O2.ClH/c1-10(2)11(3)17-15(19)14(18)13(16)9-12-7-5-4-6-8-12;/h10-14,18H,4-9,16H2,1-3H3,(H,17,19);1H/t11?,13-,14?;/m1./s1. The Morgan fingerprint density at radius 2 is 1.80 bits per heavy atom. The van der Waals surface area contributed by atoms with Crippen LogP contribution in [0.4, 0.5) is 0 Å². The lowest BCUT2D eigenvalue weighted by Gasteiger charge is -2.27. The number of carbonyl (C=O) groups is 1. The van der Waals surface area contributed by atoms with Crippen LogP contribution in [0.1, 0.15) is 59.3 Å². The van der Waals surface area contributed by atoms with Gasteiger partial charge in [0.1, 0.15) is 6.10 Å². The van der Waals surface area contributed by atoms with Crippen LogP contribution >= 0.6 is 12.4 Å². The molecule has 1 saturated carbocycles. The number of amides is 1. The van der Waals surface area contributed by atoms with Gasteiger partial charge in [0, 0.05) is 12.1 Å². The number of rotatable bonds is 6. The van der Waals surface area contributed by atoms with E-state index in [1.807, 2.05) is 20.8 Å². The number of hydrogen-bond donors (Lipinski definition) is 3. The molecular formula is C15H31ClN2O2. The largest absolute Gasteiger partial charge is 0.382 e. The van der Waals surface area contributed by atoms with E-state index in [9.17, 15) is 9.90 Å². The van der Waals surface area contributed by atoms with Crippen LogP contribution in [-0.2, 0) is 4.79 Å². The van der Waals surface area contributed by atoms with Gasteiger partial charge < -0.3 is 16.2 Å². The van der Waals surface area contributed by atoms with E-state index in [0.717, 1.165) is 6.42 Å². The van der Waals surface area contributed by atoms with E-state index in [1.165, 1.54) is 32.1 Å². The molecule has 0 saturated heterocycles. The second-order valence-corrected chi connectivity index (χ2v) is 6.39. The molecule has 0 aromatic rings. The number of nitrogens with two attached hydrogens (primary N) is 1. The summed E-state index contributed by atoms with van der Waals surface area (Å²) in [4.78, 5) is 11.9. The van der Waals surface area contributed by atoms with Gasteiger partial charge >= 0.3 is 0 Å². The third kappa shape index (κ3) is 6.42. The Bertz CT molecular complexity index is 281. The minimum absolute atomic E-state index is 0. The van der Waals surface area contributed by atoms with Gasteiger partial charge in [-0.1, -0.05) is 46.0 Å². The average Bonchev–Trinajstić information content (AvgIpc) is 2.38. The van der Waals surface area contributed by atoms with Crippen molar-refractivity contribution in [3.05, 3.63) is 0 Å². The van der Waals surface area contributed by atoms with Crippen molar-refractivity contribution in [2.24, 2.45) is 17.6 Å². The second-order valence-electron chi connectivity index (χ2n) is 6.39. The molecule has 120 valence electrons. The first-order valence-electron chi connectivity index (χ1n) is 7.65. The number of aliphatic hydroxyl groups excluding tert-OH is 1. The highest BCUT2D eigenvalue weighted by molar-refractivity contribution is 5.85. The van der Waals surface area contributed by atoms with Crippen molar-refractivity contribution in [1.29, 1.82) is 0 Å². The Balaban J connectivity index is 0.00000361. The number of aliphatic hydroxyl groups is 1. The summed E-state index contributed by atoms with van der Waals surface area (Å²) in [5, 5.41) is 12.8. The van der Waals surface area contributed by atoms with Crippen molar-refractivity contribution in [2.45, 2.75) is 77.5 Å². The van der Waals surface area contributed by atoms with Gasteiger partial charge in [0.2, 0.25) is 0 Å². The van der Waals surface area contributed by atoms with Crippen LogP contribution in [0.25, 0.3) is 0 Å². The molecular weight excluding hydrogens is 276 g/mol. The van der Waals surface area contributed by atoms with Gasteiger partial charge in [0.15, 0.2) is 0 Å². The van der Waals surface area contributed by atoms with E-state index in [2.05, 4.69) is 5.32 Å². The maximum atomic E-state index is 11.9. The highest BCUT2D eigenvalue weighted by Crippen LogP contribution is 2.27. The third-order valence-electron chi connectivity index (χ3n) is 4.37. The fourth-order valence-electron chi connectivity index (χ4n) is 2.61. The van der Waals surface area contributed by atoms with E-state index in [-0.39, 0.29) is 24.4 Å². The predicted octanol–water partition coefficient (Wildman–Crippen LogP) is 2.23. The monoisotopic (exact) mass is 306 g/mol. The van der Waals surface area contributed by atoms with Crippen molar-refractivity contribution in [3.63, 3.8) is 0 Å². The molecule has 0 radical (unpaired) electrons. The molecule has 1 aliphatic rings. The van der Waals surface area contributed by atoms with Crippen molar-refractivity contribution in [3.8, 4) is 0 Å². The fraction of sp³-hybridized carbons (Fsp3) is 0.933. The Morgan fingerprint density at radius 1 is 1.25 bits per heavy atom. The van der Waals surface area contributed by atoms with E-state index in [4.69, 9.17) is 5.73 Å². The first kappa shape index (κ1) is 19.7. The van der Waals surface area contributed by atoms with Gasteiger partial charge in [0.05, 0.1) is 0 Å². The Hall–Kier alpha value is -0.320. The van der Waals surface area contributed by atoms with Gasteiger partial charge in [-0.3, -0.25) is 4.79 Å². The van der Waals surface area contributed by atoms with E-state index < -0.39 is 12.1 Å². The van der Waals surface area contributed by atoms with Crippen molar-refractivity contribution >= 4 is 18.3 Å². The van der Waals surface area contributed by atoms with Crippen LogP contribution in [-0.4, -0.2) is 29.2 Å². The molecule has 1 aliphatic carbocycles. The quantitative estimate of drug-likeness (QED) is 0.704. The van der Waals surface area contributed by atoms with E-state index >= 15 is 0 Å². The molecule has 1 fully saturated rings. The van der Waals surface area contributed by atoms with E-state index in [0.29, 0.717) is 11.8 Å². The van der Waals surface area contributed by atoms with Gasteiger partial charge in [0.25, 0.3) is 5.91 Å². The molecule has 1 amide bonds. The summed E-state index contributed by atoms with van der Waals surface area (Å²) in [6, 6.07) is -0.383. The van der Waals surface area contributed by atoms with Crippen LogP contribution in [0.2, 0.25) is 0 Å². The molecule has 1 rings (SSSR count). The third-order valence-corrected chi connectivity index (χ3v) is 4.37. The Labute approximate surface area is 129 Å². The Morgan fingerprint density at radius 3 is 2.30 bits per heavy atom. The van der Waals surface area contributed by atoms with Gasteiger partial charge in [-0.05, 0) is 25.2 Å². The minimum Gasteiger partial charge on any atom is -0.382 e. The lowest BCUT2D eigenvalue weighted by atomic mass is 9.84.